The molecular formula is C16H24N2O3. The fourth-order valence-electron chi connectivity index (χ4n) is 2.11. The number of carbonyl (C=O) groups is 1. The van der Waals surface area contributed by atoms with Gasteiger partial charge in [0.1, 0.15) is 5.82 Å². The lowest BCUT2D eigenvalue weighted by Crippen LogP contribution is -2.10. The van der Waals surface area contributed by atoms with E-state index >= 15 is 0 Å². The number of carboxylic acids is 1. The van der Waals surface area contributed by atoms with Crippen LogP contribution in [-0.2, 0) is 11.2 Å². The summed E-state index contributed by atoms with van der Waals surface area (Å²) < 4.78 is 5.57. The first-order valence-corrected chi connectivity index (χ1v) is 7.75. The van der Waals surface area contributed by atoms with Crippen LogP contribution < -0.4 is 5.32 Å². The zero-order chi connectivity index (χ0) is 15.1. The van der Waals surface area contributed by atoms with Crippen LogP contribution in [0.4, 0.5) is 5.82 Å². The molecule has 1 saturated carbocycles. The van der Waals surface area contributed by atoms with Gasteiger partial charge in [-0.05, 0) is 43.7 Å². The molecule has 0 unspecified atom stereocenters. The number of anilines is 1. The molecule has 0 radical (unpaired) electrons. The maximum absolute atomic E-state index is 11.1. The van der Waals surface area contributed by atoms with E-state index in [0.717, 1.165) is 50.6 Å². The molecule has 1 aromatic heterocycles. The van der Waals surface area contributed by atoms with Crippen molar-refractivity contribution in [3.63, 3.8) is 0 Å². The summed E-state index contributed by atoms with van der Waals surface area (Å²) in [6.07, 6.45) is 5.26. The zero-order valence-corrected chi connectivity index (χ0v) is 12.6. The minimum absolute atomic E-state index is 0.293. The Kier molecular flexibility index (Phi) is 5.99. The summed E-state index contributed by atoms with van der Waals surface area (Å²) in [5.74, 6) is 0.523. The van der Waals surface area contributed by atoms with Gasteiger partial charge in [0.25, 0.3) is 0 Å². The van der Waals surface area contributed by atoms with Crippen molar-refractivity contribution < 1.29 is 14.6 Å². The van der Waals surface area contributed by atoms with E-state index in [1.165, 1.54) is 12.8 Å². The SMILES string of the molecule is CCCc1cc(C(=O)O)cc(NCCCOCC2CC2)n1. The Morgan fingerprint density at radius 3 is 2.95 bits per heavy atom. The lowest BCUT2D eigenvalue weighted by Gasteiger charge is -2.09. The number of hydrogen-bond acceptors (Lipinski definition) is 4. The van der Waals surface area contributed by atoms with Crippen LogP contribution in [0, 0.1) is 5.92 Å². The topological polar surface area (TPSA) is 71.5 Å². The molecule has 0 bridgehead atoms. The molecule has 5 nitrogen and oxygen atoms in total. The number of nitrogens with zero attached hydrogens (tertiary/aromatic N) is 1. The predicted octanol–water partition coefficient (Wildman–Crippen LogP) is 2.96. The second-order valence-electron chi connectivity index (χ2n) is 5.59. The number of carboxylic acid groups (broad SMARTS) is 1. The van der Waals surface area contributed by atoms with Crippen LogP contribution in [0.15, 0.2) is 12.1 Å². The molecule has 1 aliphatic carbocycles. The lowest BCUT2D eigenvalue weighted by atomic mass is 10.1. The van der Waals surface area contributed by atoms with Gasteiger partial charge in [0.05, 0.1) is 5.56 Å². The van der Waals surface area contributed by atoms with Gasteiger partial charge in [0.2, 0.25) is 0 Å². The quantitative estimate of drug-likeness (QED) is 0.649. The molecule has 2 rings (SSSR count). The molecule has 116 valence electrons. The van der Waals surface area contributed by atoms with Crippen molar-refractivity contribution in [2.45, 2.75) is 39.0 Å². The van der Waals surface area contributed by atoms with Gasteiger partial charge < -0.3 is 15.2 Å². The van der Waals surface area contributed by atoms with Crippen LogP contribution in [0.3, 0.4) is 0 Å². The fraction of sp³-hybridized carbons (Fsp3) is 0.625. The normalized spacial score (nSPS) is 14.1. The molecule has 0 saturated heterocycles. The Balaban J connectivity index is 1.78. The van der Waals surface area contributed by atoms with Crippen molar-refractivity contribution in [2.24, 2.45) is 5.92 Å². The summed E-state index contributed by atoms with van der Waals surface area (Å²) in [5, 5.41) is 12.3. The van der Waals surface area contributed by atoms with Crippen LogP contribution in [0.2, 0.25) is 0 Å². The predicted molar refractivity (Wildman–Crippen MR) is 81.8 cm³/mol. The first-order chi connectivity index (χ1) is 10.2. The van der Waals surface area contributed by atoms with E-state index in [1.54, 1.807) is 12.1 Å². The number of pyridine rings is 1. The first-order valence-electron chi connectivity index (χ1n) is 7.75. The molecule has 0 atom stereocenters. The number of aromatic carboxylic acids is 1. The maximum Gasteiger partial charge on any atom is 0.335 e. The Hall–Kier alpha value is -1.62. The highest BCUT2D eigenvalue weighted by molar-refractivity contribution is 5.88. The molecule has 0 aromatic carbocycles. The van der Waals surface area contributed by atoms with Crippen molar-refractivity contribution >= 4 is 11.8 Å². The molecule has 0 aliphatic heterocycles. The third-order valence-corrected chi connectivity index (χ3v) is 3.45. The van der Waals surface area contributed by atoms with Crippen molar-refractivity contribution in [3.05, 3.63) is 23.4 Å². The van der Waals surface area contributed by atoms with Crippen molar-refractivity contribution in [1.29, 1.82) is 0 Å². The molecule has 1 heterocycles. The number of hydrogen-bond donors (Lipinski definition) is 2. The minimum atomic E-state index is -0.912. The monoisotopic (exact) mass is 292 g/mol. The third-order valence-electron chi connectivity index (χ3n) is 3.45. The highest BCUT2D eigenvalue weighted by Crippen LogP contribution is 2.28. The second-order valence-corrected chi connectivity index (χ2v) is 5.59. The van der Waals surface area contributed by atoms with Crippen LogP contribution in [0.5, 0.6) is 0 Å². The summed E-state index contributed by atoms with van der Waals surface area (Å²) in [5.41, 5.74) is 1.12. The van der Waals surface area contributed by atoms with Gasteiger partial charge in [0, 0.05) is 25.5 Å². The Morgan fingerprint density at radius 2 is 2.29 bits per heavy atom. The van der Waals surface area contributed by atoms with E-state index in [-0.39, 0.29) is 0 Å². The number of rotatable bonds is 10. The van der Waals surface area contributed by atoms with E-state index in [2.05, 4.69) is 17.2 Å². The summed E-state index contributed by atoms with van der Waals surface area (Å²) >= 11 is 0. The molecule has 0 amide bonds. The Labute approximate surface area is 125 Å². The Bertz CT molecular complexity index is 473. The molecular weight excluding hydrogens is 268 g/mol. The van der Waals surface area contributed by atoms with Gasteiger partial charge in [-0.1, -0.05) is 13.3 Å². The van der Waals surface area contributed by atoms with Gasteiger partial charge >= 0.3 is 5.97 Å². The van der Waals surface area contributed by atoms with Crippen LogP contribution >= 0.6 is 0 Å². The second kappa shape index (κ2) is 7.98. The van der Waals surface area contributed by atoms with Gasteiger partial charge in [-0.3, -0.25) is 0 Å². The number of aryl methyl sites for hydroxylation is 1. The van der Waals surface area contributed by atoms with E-state index in [1.807, 2.05) is 0 Å². The van der Waals surface area contributed by atoms with Crippen molar-refractivity contribution in [2.75, 3.05) is 25.1 Å². The first kappa shape index (κ1) is 15.8. The lowest BCUT2D eigenvalue weighted by molar-refractivity contribution is 0.0696. The molecule has 2 N–H and O–H groups in total. The maximum atomic E-state index is 11.1. The summed E-state index contributed by atoms with van der Waals surface area (Å²) in [4.78, 5) is 15.6. The summed E-state index contributed by atoms with van der Waals surface area (Å²) in [6, 6.07) is 3.24. The molecule has 1 fully saturated rings. The molecule has 1 aliphatic rings. The van der Waals surface area contributed by atoms with Crippen molar-refractivity contribution in [3.8, 4) is 0 Å². The average Bonchev–Trinajstić information content (AvgIpc) is 3.27. The zero-order valence-electron chi connectivity index (χ0n) is 12.6. The molecule has 21 heavy (non-hydrogen) atoms. The average molecular weight is 292 g/mol. The minimum Gasteiger partial charge on any atom is -0.478 e. The number of aromatic nitrogens is 1. The smallest absolute Gasteiger partial charge is 0.335 e. The van der Waals surface area contributed by atoms with Crippen molar-refractivity contribution in [1.82, 2.24) is 4.98 Å². The number of ether oxygens (including phenoxy) is 1. The van der Waals surface area contributed by atoms with Gasteiger partial charge in [-0.15, -0.1) is 0 Å². The highest BCUT2D eigenvalue weighted by Gasteiger charge is 2.20. The largest absolute Gasteiger partial charge is 0.478 e. The highest BCUT2D eigenvalue weighted by atomic mass is 16.5. The standard InChI is InChI=1S/C16H24N2O3/c1-2-4-14-9-13(16(19)20)10-15(18-14)17-7-3-8-21-11-12-5-6-12/h9-10,12H,2-8,11H2,1H3,(H,17,18)(H,19,20). The molecule has 0 spiro atoms. The fourth-order valence-corrected chi connectivity index (χ4v) is 2.11. The molecule has 5 heteroatoms. The van der Waals surface area contributed by atoms with Gasteiger partial charge in [-0.25, -0.2) is 9.78 Å². The van der Waals surface area contributed by atoms with Crippen LogP contribution in [0.1, 0.15) is 48.7 Å². The van der Waals surface area contributed by atoms with E-state index in [0.29, 0.717) is 11.4 Å². The number of nitrogens with one attached hydrogen (secondary N) is 1. The van der Waals surface area contributed by atoms with Crippen LogP contribution in [0.25, 0.3) is 0 Å². The Morgan fingerprint density at radius 1 is 1.48 bits per heavy atom. The van der Waals surface area contributed by atoms with Crippen LogP contribution in [-0.4, -0.2) is 35.8 Å². The summed E-state index contributed by atoms with van der Waals surface area (Å²) in [6.45, 7) is 4.42. The third kappa shape index (κ3) is 5.71. The van der Waals surface area contributed by atoms with E-state index in [9.17, 15) is 4.79 Å². The van der Waals surface area contributed by atoms with Gasteiger partial charge in [0.15, 0.2) is 0 Å². The molecule has 1 aromatic rings. The summed E-state index contributed by atoms with van der Waals surface area (Å²) in [7, 11) is 0. The van der Waals surface area contributed by atoms with E-state index in [4.69, 9.17) is 9.84 Å². The van der Waals surface area contributed by atoms with Gasteiger partial charge in [-0.2, -0.15) is 0 Å². The van der Waals surface area contributed by atoms with E-state index < -0.39 is 5.97 Å².